The molecule has 2 heterocycles. The maximum atomic E-state index is 10.6. The van der Waals surface area contributed by atoms with E-state index < -0.39 is 6.10 Å². The Morgan fingerprint density at radius 2 is 2.14 bits per heavy atom. The molecule has 6 nitrogen and oxygen atoms in total. The van der Waals surface area contributed by atoms with Gasteiger partial charge in [0.2, 0.25) is 0 Å². The number of aromatic nitrogens is 2. The van der Waals surface area contributed by atoms with Crippen molar-refractivity contribution in [2.45, 2.75) is 25.0 Å². The third-order valence-corrected chi connectivity index (χ3v) is 4.76. The molecule has 1 aromatic carbocycles. The summed E-state index contributed by atoms with van der Waals surface area (Å²) in [5.41, 5.74) is 3.61. The van der Waals surface area contributed by atoms with Crippen LogP contribution in [0.15, 0.2) is 41.9 Å². The SMILES string of the molecule is N=C1CC[C@@H]([C@@H]2c3ccccc3-c3cncn32)[C@H](O)/C1=N/O. The minimum Gasteiger partial charge on any atom is -0.411 e. The van der Waals surface area contributed by atoms with Crippen LogP contribution in [0, 0.1) is 11.3 Å². The van der Waals surface area contributed by atoms with Crippen molar-refractivity contribution in [1.82, 2.24) is 9.55 Å². The van der Waals surface area contributed by atoms with Gasteiger partial charge in [-0.25, -0.2) is 4.98 Å². The van der Waals surface area contributed by atoms with Crippen LogP contribution >= 0.6 is 0 Å². The van der Waals surface area contributed by atoms with Gasteiger partial charge in [0.05, 0.1) is 30.0 Å². The van der Waals surface area contributed by atoms with Crippen LogP contribution in [-0.2, 0) is 0 Å². The standard InChI is InChI=1S/C16H16N4O2/c17-12-6-5-11(16(21)14(12)19-22)15-10-4-2-1-3-9(10)13-7-18-8-20(13)15/h1-4,7-8,11,15-17,21-22H,5-6H2/b17-12?,19-14+/t11-,15-,16-/m0/s1. The Balaban J connectivity index is 1.82. The average molecular weight is 296 g/mol. The average Bonchev–Trinajstić information content (AvgIpc) is 3.09. The minimum atomic E-state index is -0.947. The third-order valence-electron chi connectivity index (χ3n) is 4.76. The Hall–Kier alpha value is -2.47. The van der Waals surface area contributed by atoms with Crippen molar-refractivity contribution >= 4 is 11.4 Å². The molecule has 1 aromatic heterocycles. The molecule has 1 aliphatic heterocycles. The Morgan fingerprint density at radius 1 is 1.32 bits per heavy atom. The van der Waals surface area contributed by atoms with Crippen LogP contribution in [0.1, 0.15) is 24.4 Å². The molecule has 1 fully saturated rings. The lowest BCUT2D eigenvalue weighted by Gasteiger charge is -2.34. The van der Waals surface area contributed by atoms with Crippen LogP contribution in [-0.4, -0.2) is 37.4 Å². The maximum Gasteiger partial charge on any atom is 0.129 e. The van der Waals surface area contributed by atoms with Gasteiger partial charge < -0.3 is 20.3 Å². The van der Waals surface area contributed by atoms with Crippen LogP contribution in [0.3, 0.4) is 0 Å². The highest BCUT2D eigenvalue weighted by atomic mass is 16.4. The molecule has 1 aliphatic carbocycles. The zero-order valence-corrected chi connectivity index (χ0v) is 11.8. The van der Waals surface area contributed by atoms with Crippen LogP contribution in [0.2, 0.25) is 0 Å². The minimum absolute atomic E-state index is 0.0476. The van der Waals surface area contributed by atoms with E-state index in [0.717, 1.165) is 16.8 Å². The van der Waals surface area contributed by atoms with Crippen molar-refractivity contribution in [3.8, 4) is 11.3 Å². The second kappa shape index (κ2) is 4.78. The number of nitrogens with one attached hydrogen (secondary N) is 1. The molecule has 0 amide bonds. The number of aliphatic hydroxyl groups is 1. The lowest BCUT2D eigenvalue weighted by Crippen LogP contribution is -2.43. The number of nitrogens with zero attached hydrogens (tertiary/aromatic N) is 3. The summed E-state index contributed by atoms with van der Waals surface area (Å²) in [5, 5.41) is 30.7. The fourth-order valence-corrected chi connectivity index (χ4v) is 3.74. The molecule has 112 valence electrons. The molecule has 6 heteroatoms. The van der Waals surface area contributed by atoms with Gasteiger partial charge >= 0.3 is 0 Å². The molecule has 0 radical (unpaired) electrons. The van der Waals surface area contributed by atoms with Crippen molar-refractivity contribution in [3.05, 3.63) is 42.4 Å². The summed E-state index contributed by atoms with van der Waals surface area (Å²) >= 11 is 0. The highest BCUT2D eigenvalue weighted by Crippen LogP contribution is 2.46. The number of benzene rings is 1. The summed E-state index contributed by atoms with van der Waals surface area (Å²) in [6.45, 7) is 0. The number of aliphatic hydroxyl groups excluding tert-OH is 1. The number of rotatable bonds is 1. The Morgan fingerprint density at radius 3 is 2.95 bits per heavy atom. The van der Waals surface area contributed by atoms with Gasteiger partial charge in [0.25, 0.3) is 0 Å². The summed E-state index contributed by atoms with van der Waals surface area (Å²) in [5.74, 6) is -0.142. The summed E-state index contributed by atoms with van der Waals surface area (Å²) in [4.78, 5) is 4.23. The predicted molar refractivity (Wildman–Crippen MR) is 81.5 cm³/mol. The van der Waals surface area contributed by atoms with Crippen LogP contribution in [0.4, 0.5) is 0 Å². The third kappa shape index (κ3) is 1.67. The molecule has 3 N–H and O–H groups in total. The van der Waals surface area contributed by atoms with Gasteiger partial charge in [-0.05, 0) is 18.4 Å². The second-order valence-corrected chi connectivity index (χ2v) is 5.83. The number of hydrogen-bond acceptors (Lipinski definition) is 5. The smallest absolute Gasteiger partial charge is 0.129 e. The van der Waals surface area contributed by atoms with Gasteiger partial charge in [-0.2, -0.15) is 0 Å². The van der Waals surface area contributed by atoms with E-state index in [1.54, 1.807) is 6.33 Å². The van der Waals surface area contributed by atoms with E-state index in [-0.39, 0.29) is 23.4 Å². The Bertz CT molecular complexity index is 780. The summed E-state index contributed by atoms with van der Waals surface area (Å²) in [6, 6.07) is 8.06. The highest BCUT2D eigenvalue weighted by Gasteiger charge is 2.42. The molecule has 2 aromatic rings. The molecular formula is C16H16N4O2. The lowest BCUT2D eigenvalue weighted by molar-refractivity contribution is 0.131. The van der Waals surface area contributed by atoms with E-state index in [1.165, 1.54) is 0 Å². The first-order chi connectivity index (χ1) is 10.7. The molecule has 22 heavy (non-hydrogen) atoms. The molecule has 0 spiro atoms. The van der Waals surface area contributed by atoms with Crippen LogP contribution in [0.5, 0.6) is 0 Å². The van der Waals surface area contributed by atoms with E-state index in [4.69, 9.17) is 10.6 Å². The normalized spacial score (nSPS) is 28.7. The molecule has 0 saturated heterocycles. The zero-order chi connectivity index (χ0) is 15.3. The number of imidazole rings is 1. The molecule has 1 saturated carbocycles. The largest absolute Gasteiger partial charge is 0.411 e. The fourth-order valence-electron chi connectivity index (χ4n) is 3.74. The molecular weight excluding hydrogens is 280 g/mol. The first-order valence-electron chi connectivity index (χ1n) is 7.31. The molecule has 4 rings (SSSR count). The van der Waals surface area contributed by atoms with Gasteiger partial charge in [-0.15, -0.1) is 0 Å². The Kier molecular flexibility index (Phi) is 2.87. The van der Waals surface area contributed by atoms with Crippen molar-refractivity contribution in [2.75, 3.05) is 0 Å². The lowest BCUT2D eigenvalue weighted by atomic mass is 9.77. The number of fused-ring (bicyclic) bond motifs is 3. The predicted octanol–water partition coefficient (Wildman–Crippen LogP) is 2.07. The molecule has 0 bridgehead atoms. The number of hydrogen-bond donors (Lipinski definition) is 3. The van der Waals surface area contributed by atoms with Crippen LogP contribution < -0.4 is 0 Å². The molecule has 2 aliphatic rings. The summed E-state index contributed by atoms with van der Waals surface area (Å²) < 4.78 is 2.07. The molecule has 0 unspecified atom stereocenters. The van der Waals surface area contributed by atoms with E-state index in [2.05, 4.69) is 26.8 Å². The number of oxime groups is 1. The fraction of sp³-hybridized carbons (Fsp3) is 0.312. The maximum absolute atomic E-state index is 10.6. The van der Waals surface area contributed by atoms with Gasteiger partial charge in [0.15, 0.2) is 0 Å². The first kappa shape index (κ1) is 13.2. The first-order valence-corrected chi connectivity index (χ1v) is 7.31. The highest BCUT2D eigenvalue weighted by molar-refractivity contribution is 6.43. The summed E-state index contributed by atoms with van der Waals surface area (Å²) in [6.07, 6.45) is 3.84. The monoisotopic (exact) mass is 296 g/mol. The second-order valence-electron chi connectivity index (χ2n) is 5.83. The van der Waals surface area contributed by atoms with E-state index in [1.807, 2.05) is 18.3 Å². The quantitative estimate of drug-likeness (QED) is 0.555. The summed E-state index contributed by atoms with van der Waals surface area (Å²) in [7, 11) is 0. The van der Waals surface area contributed by atoms with E-state index >= 15 is 0 Å². The van der Waals surface area contributed by atoms with Crippen molar-refractivity contribution in [1.29, 1.82) is 5.41 Å². The zero-order valence-electron chi connectivity index (χ0n) is 11.8. The Labute approximate surface area is 127 Å². The van der Waals surface area contributed by atoms with Crippen LogP contribution in [0.25, 0.3) is 11.3 Å². The van der Waals surface area contributed by atoms with Gasteiger partial charge in [0.1, 0.15) is 11.8 Å². The topological polar surface area (TPSA) is 94.5 Å². The van der Waals surface area contributed by atoms with Crippen molar-refractivity contribution < 1.29 is 10.3 Å². The van der Waals surface area contributed by atoms with Gasteiger partial charge in [-0.1, -0.05) is 29.4 Å². The van der Waals surface area contributed by atoms with Gasteiger partial charge in [0, 0.05) is 11.5 Å². The van der Waals surface area contributed by atoms with Crippen molar-refractivity contribution in [3.63, 3.8) is 0 Å². The van der Waals surface area contributed by atoms with E-state index in [0.29, 0.717) is 12.8 Å². The molecule has 3 atom stereocenters. The van der Waals surface area contributed by atoms with Crippen molar-refractivity contribution in [2.24, 2.45) is 11.1 Å². The van der Waals surface area contributed by atoms with E-state index in [9.17, 15) is 5.11 Å². The van der Waals surface area contributed by atoms with Gasteiger partial charge in [-0.3, -0.25) is 0 Å².